The third-order valence-electron chi connectivity index (χ3n) is 4.21. The summed E-state index contributed by atoms with van der Waals surface area (Å²) in [7, 11) is 0. The highest BCUT2D eigenvalue weighted by atomic mass is 16.5. The van der Waals surface area contributed by atoms with Gasteiger partial charge in [0, 0.05) is 23.5 Å². The van der Waals surface area contributed by atoms with Crippen LogP contribution in [0.3, 0.4) is 0 Å². The molecule has 0 aliphatic rings. The van der Waals surface area contributed by atoms with Crippen molar-refractivity contribution >= 4 is 22.8 Å². The van der Waals surface area contributed by atoms with Gasteiger partial charge in [-0.1, -0.05) is 48.5 Å². The first-order valence-corrected chi connectivity index (χ1v) is 8.80. The number of carbonyl (C=O) groups is 2. The highest BCUT2D eigenvalue weighted by Crippen LogP contribution is 2.19. The van der Waals surface area contributed by atoms with Gasteiger partial charge in [0.15, 0.2) is 0 Å². The van der Waals surface area contributed by atoms with Crippen molar-refractivity contribution in [1.82, 2.24) is 4.98 Å². The Kier molecular flexibility index (Phi) is 6.22. The zero-order valence-electron chi connectivity index (χ0n) is 14.9. The first-order valence-electron chi connectivity index (χ1n) is 8.80. The second kappa shape index (κ2) is 9.00. The van der Waals surface area contributed by atoms with Gasteiger partial charge in [-0.3, -0.25) is 9.59 Å². The lowest BCUT2D eigenvalue weighted by Gasteiger charge is -2.11. The molecule has 6 heteroatoms. The molecule has 0 aliphatic carbocycles. The maximum atomic E-state index is 12.1. The predicted octanol–water partition coefficient (Wildman–Crippen LogP) is 2.71. The van der Waals surface area contributed by atoms with Crippen molar-refractivity contribution in [3.8, 4) is 0 Å². The number of H-pyrrole nitrogens is 1. The van der Waals surface area contributed by atoms with Gasteiger partial charge in [0.05, 0.1) is 6.42 Å². The average Bonchev–Trinajstić information content (AvgIpc) is 3.10. The molecule has 3 N–H and O–H groups in total. The van der Waals surface area contributed by atoms with Crippen LogP contribution >= 0.6 is 0 Å². The Labute approximate surface area is 157 Å². The summed E-state index contributed by atoms with van der Waals surface area (Å²) in [6.45, 7) is 0.155. The quantitative estimate of drug-likeness (QED) is 0.598. The molecule has 0 saturated heterocycles. The lowest BCUT2D eigenvalue weighted by molar-refractivity contribution is -0.150. The van der Waals surface area contributed by atoms with E-state index in [0.29, 0.717) is 6.42 Å². The molecule has 0 fully saturated rings. The fourth-order valence-electron chi connectivity index (χ4n) is 2.77. The lowest BCUT2D eigenvalue weighted by atomic mass is 10.1. The number of esters is 2. The number of carbonyl (C=O) groups excluding carboxylic acids is 2. The summed E-state index contributed by atoms with van der Waals surface area (Å²) in [5, 5.41) is 1.03. The van der Waals surface area contributed by atoms with Crippen LogP contribution in [0.1, 0.15) is 17.5 Å². The van der Waals surface area contributed by atoms with Crippen molar-refractivity contribution in [2.24, 2.45) is 5.73 Å². The Morgan fingerprint density at radius 1 is 1.00 bits per heavy atom. The van der Waals surface area contributed by atoms with Crippen LogP contribution < -0.4 is 5.73 Å². The summed E-state index contributed by atoms with van der Waals surface area (Å²) in [6.07, 6.45) is 2.21. The van der Waals surface area contributed by atoms with E-state index in [1.165, 1.54) is 0 Å². The molecule has 1 aromatic heterocycles. The van der Waals surface area contributed by atoms with Crippen LogP contribution in [0.25, 0.3) is 10.9 Å². The average molecular weight is 366 g/mol. The molecule has 0 bridgehead atoms. The Balaban J connectivity index is 1.40. The van der Waals surface area contributed by atoms with E-state index in [0.717, 1.165) is 22.0 Å². The number of benzene rings is 2. The Morgan fingerprint density at radius 3 is 2.56 bits per heavy atom. The van der Waals surface area contributed by atoms with Gasteiger partial charge in [-0.15, -0.1) is 0 Å². The molecule has 0 aliphatic heterocycles. The van der Waals surface area contributed by atoms with E-state index >= 15 is 0 Å². The van der Waals surface area contributed by atoms with E-state index in [1.807, 2.05) is 60.8 Å². The van der Waals surface area contributed by atoms with Gasteiger partial charge >= 0.3 is 11.9 Å². The number of nitrogens with one attached hydrogen (secondary N) is 1. The van der Waals surface area contributed by atoms with Gasteiger partial charge in [-0.2, -0.15) is 0 Å². The van der Waals surface area contributed by atoms with E-state index in [1.54, 1.807) is 0 Å². The number of aromatic amines is 1. The van der Waals surface area contributed by atoms with Crippen LogP contribution in [0, 0.1) is 0 Å². The maximum absolute atomic E-state index is 12.1. The summed E-state index contributed by atoms with van der Waals surface area (Å²) < 4.78 is 10.3. The minimum atomic E-state index is -0.787. The van der Waals surface area contributed by atoms with Gasteiger partial charge in [0.1, 0.15) is 19.3 Å². The summed E-state index contributed by atoms with van der Waals surface area (Å²) >= 11 is 0. The molecule has 1 atom stereocenters. The van der Waals surface area contributed by atoms with Crippen LogP contribution in [-0.2, 0) is 32.1 Å². The Morgan fingerprint density at radius 2 is 1.74 bits per heavy atom. The molecule has 0 amide bonds. The van der Waals surface area contributed by atoms with Gasteiger partial charge in [0.2, 0.25) is 0 Å². The zero-order chi connectivity index (χ0) is 19.1. The lowest BCUT2D eigenvalue weighted by Crippen LogP contribution is -2.34. The molecule has 0 unspecified atom stereocenters. The topological polar surface area (TPSA) is 94.4 Å². The molecule has 6 nitrogen and oxygen atoms in total. The van der Waals surface area contributed by atoms with Crippen LogP contribution in [0.4, 0.5) is 0 Å². The van der Waals surface area contributed by atoms with E-state index in [2.05, 4.69) is 4.98 Å². The first-order chi connectivity index (χ1) is 13.1. The molecule has 140 valence electrons. The van der Waals surface area contributed by atoms with E-state index in [-0.39, 0.29) is 19.6 Å². The Bertz CT molecular complexity index is 905. The van der Waals surface area contributed by atoms with Gasteiger partial charge < -0.3 is 20.2 Å². The molecule has 3 aromatic rings. The molecular formula is C21H22N2O4. The maximum Gasteiger partial charge on any atom is 0.323 e. The largest absolute Gasteiger partial charge is 0.464 e. The minimum Gasteiger partial charge on any atom is -0.464 e. The van der Waals surface area contributed by atoms with E-state index in [4.69, 9.17) is 15.2 Å². The molecule has 1 heterocycles. The minimum absolute atomic E-state index is 0.00161. The number of aromatic nitrogens is 1. The molecule has 27 heavy (non-hydrogen) atoms. The summed E-state index contributed by atoms with van der Waals surface area (Å²) in [5.74, 6) is -0.951. The highest BCUT2D eigenvalue weighted by molar-refractivity contribution is 5.84. The van der Waals surface area contributed by atoms with Crippen LogP contribution in [0.2, 0.25) is 0 Å². The third kappa shape index (κ3) is 5.18. The van der Waals surface area contributed by atoms with Gasteiger partial charge in [0.25, 0.3) is 0 Å². The van der Waals surface area contributed by atoms with Crippen LogP contribution in [0.15, 0.2) is 60.8 Å². The number of hydrogen-bond donors (Lipinski definition) is 2. The molecule has 0 radical (unpaired) electrons. The third-order valence-corrected chi connectivity index (χ3v) is 4.21. The Hall–Kier alpha value is -3.12. The van der Waals surface area contributed by atoms with Crippen LogP contribution in [0.5, 0.6) is 0 Å². The SMILES string of the molecule is N[C@@H](Cc1c[nH]c2ccccc12)C(=O)OCCC(=O)OCc1ccccc1. The fourth-order valence-corrected chi connectivity index (χ4v) is 2.77. The van der Waals surface area contributed by atoms with Crippen molar-refractivity contribution in [2.45, 2.75) is 25.5 Å². The van der Waals surface area contributed by atoms with Crippen LogP contribution in [-0.4, -0.2) is 29.6 Å². The molecule has 3 rings (SSSR count). The number of fused-ring (bicyclic) bond motifs is 1. The molecule has 2 aromatic carbocycles. The molecular weight excluding hydrogens is 344 g/mol. The highest BCUT2D eigenvalue weighted by Gasteiger charge is 2.18. The number of para-hydroxylation sites is 1. The first kappa shape index (κ1) is 18.7. The molecule has 0 spiro atoms. The smallest absolute Gasteiger partial charge is 0.323 e. The summed E-state index contributed by atoms with van der Waals surface area (Å²) in [6, 6.07) is 16.4. The van der Waals surface area contributed by atoms with Crippen molar-refractivity contribution < 1.29 is 19.1 Å². The predicted molar refractivity (Wildman–Crippen MR) is 102 cm³/mol. The van der Waals surface area contributed by atoms with Crippen molar-refractivity contribution in [3.05, 3.63) is 71.9 Å². The van der Waals surface area contributed by atoms with Crippen molar-refractivity contribution in [3.63, 3.8) is 0 Å². The molecule has 0 saturated carbocycles. The second-order valence-electron chi connectivity index (χ2n) is 6.23. The normalized spacial score (nSPS) is 11.9. The number of hydrogen-bond acceptors (Lipinski definition) is 5. The van der Waals surface area contributed by atoms with Crippen molar-refractivity contribution in [1.29, 1.82) is 0 Å². The number of ether oxygens (including phenoxy) is 2. The van der Waals surface area contributed by atoms with Gasteiger partial charge in [-0.25, -0.2) is 0 Å². The number of nitrogens with two attached hydrogens (primary N) is 1. The standard InChI is InChI=1S/C21H22N2O4/c22-18(12-16-13-23-19-9-5-4-8-17(16)19)21(25)26-11-10-20(24)27-14-15-6-2-1-3-7-15/h1-9,13,18,23H,10-12,14,22H2/t18-/m0/s1. The van der Waals surface area contributed by atoms with Crippen molar-refractivity contribution in [2.75, 3.05) is 6.61 Å². The van der Waals surface area contributed by atoms with E-state index in [9.17, 15) is 9.59 Å². The van der Waals surface area contributed by atoms with Gasteiger partial charge in [-0.05, 0) is 17.2 Å². The fraction of sp³-hybridized carbons (Fsp3) is 0.238. The monoisotopic (exact) mass is 366 g/mol. The second-order valence-corrected chi connectivity index (χ2v) is 6.23. The number of rotatable bonds is 8. The van der Waals surface area contributed by atoms with E-state index < -0.39 is 18.0 Å². The summed E-state index contributed by atoms with van der Waals surface area (Å²) in [5.41, 5.74) is 8.80. The zero-order valence-corrected chi connectivity index (χ0v) is 14.9. The summed E-state index contributed by atoms with van der Waals surface area (Å²) in [4.78, 5) is 26.9.